The van der Waals surface area contributed by atoms with E-state index >= 15 is 0 Å². The van der Waals surface area contributed by atoms with Crippen LogP contribution in [0.5, 0.6) is 0 Å². The van der Waals surface area contributed by atoms with Crippen LogP contribution < -0.4 is 9.80 Å². The Bertz CT molecular complexity index is 2810. The van der Waals surface area contributed by atoms with Gasteiger partial charge in [-0.2, -0.15) is 0 Å². The first kappa shape index (κ1) is 36.0. The molecule has 0 atom stereocenters. The molecule has 0 spiro atoms. The van der Waals surface area contributed by atoms with Crippen molar-refractivity contribution in [2.24, 2.45) is 0 Å². The second-order valence-electron chi connectivity index (χ2n) is 17.7. The van der Waals surface area contributed by atoms with E-state index in [-0.39, 0.29) is 11.0 Å². The lowest BCUT2D eigenvalue weighted by Gasteiger charge is -2.43. The molecular weight excluding hydrogens is 701 g/mol. The highest BCUT2D eigenvalue weighted by Gasteiger charge is 2.38. The van der Waals surface area contributed by atoms with Gasteiger partial charge in [0, 0.05) is 45.7 Å². The van der Waals surface area contributed by atoms with Gasteiger partial charge in [-0.05, 0) is 137 Å². The van der Waals surface area contributed by atoms with Gasteiger partial charge in [0.1, 0.15) is 0 Å². The zero-order valence-corrected chi connectivity index (χ0v) is 34.3. The molecule has 0 radical (unpaired) electrons. The van der Waals surface area contributed by atoms with E-state index in [0.29, 0.717) is 0 Å². The van der Waals surface area contributed by atoms with Crippen LogP contribution in [0.25, 0.3) is 55.3 Å². The van der Waals surface area contributed by atoms with Crippen LogP contribution in [-0.4, -0.2) is 12.1 Å². The minimum atomic E-state index is -0.160. The van der Waals surface area contributed by atoms with E-state index in [1.54, 1.807) is 0 Å². The van der Waals surface area contributed by atoms with E-state index < -0.39 is 0 Å². The van der Waals surface area contributed by atoms with Crippen LogP contribution in [0.15, 0.2) is 176 Å². The Morgan fingerprint density at radius 3 is 1.83 bits per heavy atom. The smallest absolute Gasteiger partial charge is 0.0544 e. The van der Waals surface area contributed by atoms with Crippen molar-refractivity contribution in [3.05, 3.63) is 193 Å². The van der Waals surface area contributed by atoms with Crippen molar-refractivity contribution in [2.75, 3.05) is 16.3 Å². The first-order valence-electron chi connectivity index (χ1n) is 20.9. The summed E-state index contributed by atoms with van der Waals surface area (Å²) in [4.78, 5) is 5.19. The second kappa shape index (κ2) is 13.9. The number of rotatable bonds is 6. The summed E-state index contributed by atoms with van der Waals surface area (Å²) < 4.78 is 0. The number of aryl methyl sites for hydroxylation is 1. The van der Waals surface area contributed by atoms with Gasteiger partial charge in [0.15, 0.2) is 0 Å². The molecule has 8 aromatic rings. The third-order valence-corrected chi connectivity index (χ3v) is 12.7. The third-order valence-electron chi connectivity index (χ3n) is 12.7. The fourth-order valence-electron chi connectivity index (χ4n) is 9.72. The van der Waals surface area contributed by atoms with Gasteiger partial charge < -0.3 is 9.80 Å². The Kier molecular flexibility index (Phi) is 8.64. The first-order chi connectivity index (χ1) is 28.1. The van der Waals surface area contributed by atoms with Gasteiger partial charge in [-0.15, -0.1) is 0 Å². The minimum absolute atomic E-state index is 0.0271. The maximum Gasteiger partial charge on any atom is 0.0544 e. The highest BCUT2D eigenvalue weighted by Crippen LogP contribution is 2.55. The molecule has 10 rings (SSSR count). The molecule has 284 valence electrons. The van der Waals surface area contributed by atoms with Crippen LogP contribution in [-0.2, 0) is 11.8 Å². The predicted molar refractivity (Wildman–Crippen MR) is 248 cm³/mol. The summed E-state index contributed by atoms with van der Waals surface area (Å²) in [7, 11) is 0. The Balaban J connectivity index is 1.24. The summed E-state index contributed by atoms with van der Waals surface area (Å²) in [5.74, 6) is 0. The molecule has 2 aliphatic rings. The van der Waals surface area contributed by atoms with Gasteiger partial charge in [-0.25, -0.2) is 0 Å². The summed E-state index contributed by atoms with van der Waals surface area (Å²) in [5, 5.41) is 2.45. The van der Waals surface area contributed by atoms with Crippen LogP contribution in [0.3, 0.4) is 0 Å². The van der Waals surface area contributed by atoms with Crippen molar-refractivity contribution in [1.82, 2.24) is 0 Å². The van der Waals surface area contributed by atoms with E-state index in [2.05, 4.69) is 220 Å². The Morgan fingerprint density at radius 2 is 1.09 bits per heavy atom. The average Bonchev–Trinajstić information content (AvgIpc) is 3.48. The number of para-hydroxylation sites is 1. The number of nitrogens with zero attached hydrogens (tertiary/aromatic N) is 2. The highest BCUT2D eigenvalue weighted by atomic mass is 15.2. The third kappa shape index (κ3) is 6.10. The molecule has 0 bridgehead atoms. The molecule has 0 N–H and O–H groups in total. The van der Waals surface area contributed by atoms with Crippen molar-refractivity contribution < 1.29 is 0 Å². The maximum atomic E-state index is 2.66. The fourth-order valence-corrected chi connectivity index (χ4v) is 9.72. The van der Waals surface area contributed by atoms with Crippen molar-refractivity contribution >= 4 is 33.5 Å². The summed E-state index contributed by atoms with van der Waals surface area (Å²) in [6.45, 7) is 12.9. The largest absolute Gasteiger partial charge is 0.366 e. The van der Waals surface area contributed by atoms with E-state index in [4.69, 9.17) is 0 Å². The second-order valence-corrected chi connectivity index (χ2v) is 17.7. The molecule has 58 heavy (non-hydrogen) atoms. The monoisotopic (exact) mass is 750 g/mol. The Labute approximate surface area is 344 Å². The van der Waals surface area contributed by atoms with Crippen molar-refractivity contribution in [2.45, 2.75) is 58.4 Å². The van der Waals surface area contributed by atoms with Gasteiger partial charge in [0.05, 0.1) is 5.69 Å². The molecule has 2 nitrogen and oxygen atoms in total. The van der Waals surface area contributed by atoms with Crippen LogP contribution in [0.4, 0.5) is 22.7 Å². The molecular formula is C56H50N2. The average molecular weight is 751 g/mol. The molecule has 2 heteroatoms. The van der Waals surface area contributed by atoms with Gasteiger partial charge in [0.25, 0.3) is 0 Å². The zero-order valence-electron chi connectivity index (χ0n) is 34.3. The van der Waals surface area contributed by atoms with Crippen molar-refractivity contribution in [3.63, 3.8) is 0 Å². The van der Waals surface area contributed by atoms with Gasteiger partial charge >= 0.3 is 0 Å². The van der Waals surface area contributed by atoms with Crippen LogP contribution in [0.1, 0.15) is 57.7 Å². The molecule has 0 aromatic heterocycles. The quantitative estimate of drug-likeness (QED) is 0.167. The SMILES string of the molecule is CC1(C)c2ccccc2-c2cc(-c3cccc4c3N(C(C)(C)C)CCC4)c(N(c3ccc(-c4ccccc4)cc3)c3ccc4cc(-c5ccccc5)ccc4c3)cc21. The van der Waals surface area contributed by atoms with E-state index in [1.807, 2.05) is 0 Å². The van der Waals surface area contributed by atoms with Gasteiger partial charge in [-0.3, -0.25) is 0 Å². The number of anilines is 4. The summed E-state index contributed by atoms with van der Waals surface area (Å²) >= 11 is 0. The zero-order chi connectivity index (χ0) is 39.6. The van der Waals surface area contributed by atoms with Crippen LogP contribution >= 0.6 is 0 Å². The molecule has 0 saturated heterocycles. The summed E-state index contributed by atoms with van der Waals surface area (Å²) in [6, 6.07) is 65.6. The van der Waals surface area contributed by atoms with Crippen LogP contribution in [0.2, 0.25) is 0 Å². The lowest BCUT2D eigenvalue weighted by atomic mass is 9.81. The summed E-state index contributed by atoms with van der Waals surface area (Å²) in [6.07, 6.45) is 2.25. The van der Waals surface area contributed by atoms with Gasteiger partial charge in [-0.1, -0.05) is 147 Å². The fraction of sp³-hybridized carbons (Fsp3) is 0.179. The molecule has 0 unspecified atom stereocenters. The Hall–Kier alpha value is -6.38. The van der Waals surface area contributed by atoms with Crippen LogP contribution in [0, 0.1) is 0 Å². The summed E-state index contributed by atoms with van der Waals surface area (Å²) in [5.41, 5.74) is 19.0. The molecule has 0 amide bonds. The highest BCUT2D eigenvalue weighted by molar-refractivity contribution is 6.00. The first-order valence-corrected chi connectivity index (χ1v) is 20.9. The van der Waals surface area contributed by atoms with E-state index in [9.17, 15) is 0 Å². The standard InChI is InChI=1S/C56H50N2/c1-55(2,3)57-33-15-21-41-20-14-23-48(54(41)57)50-36-49-47-22-12-13-24-51(47)56(4,5)52(49)37-53(50)58(45-30-27-40(28-31-45)38-16-8-6-9-17-38)46-32-29-43-34-42(25-26-44(43)35-46)39-18-10-7-11-19-39/h6-14,16-20,22-32,34-37H,15,21,33H2,1-5H3. The normalized spacial score (nSPS) is 14.2. The molecule has 0 saturated carbocycles. The topological polar surface area (TPSA) is 6.48 Å². The molecule has 1 heterocycles. The molecule has 8 aromatic carbocycles. The van der Waals surface area contributed by atoms with Crippen molar-refractivity contribution in [1.29, 1.82) is 0 Å². The van der Waals surface area contributed by atoms with E-state index in [1.165, 1.54) is 83.3 Å². The number of benzene rings is 8. The maximum absolute atomic E-state index is 2.66. The molecule has 0 fully saturated rings. The molecule has 1 aliphatic carbocycles. The lowest BCUT2D eigenvalue weighted by molar-refractivity contribution is 0.484. The lowest BCUT2D eigenvalue weighted by Crippen LogP contribution is -2.44. The predicted octanol–water partition coefficient (Wildman–Crippen LogP) is 15.2. The minimum Gasteiger partial charge on any atom is -0.366 e. The van der Waals surface area contributed by atoms with Crippen molar-refractivity contribution in [3.8, 4) is 44.5 Å². The van der Waals surface area contributed by atoms with Gasteiger partial charge in [0.2, 0.25) is 0 Å². The Morgan fingerprint density at radius 1 is 0.483 bits per heavy atom. The number of hydrogen-bond acceptors (Lipinski definition) is 2. The molecule has 1 aliphatic heterocycles. The number of fused-ring (bicyclic) bond motifs is 5. The van der Waals surface area contributed by atoms with E-state index in [0.717, 1.165) is 30.8 Å². The number of hydrogen-bond donors (Lipinski definition) is 0.